The molecule has 8 nitrogen and oxygen atoms in total. The summed E-state index contributed by atoms with van der Waals surface area (Å²) in [7, 11) is 0. The molecule has 0 spiro atoms. The van der Waals surface area contributed by atoms with Crippen molar-refractivity contribution in [3.8, 4) is 6.07 Å². The molecule has 4 heterocycles. The predicted molar refractivity (Wildman–Crippen MR) is 98.9 cm³/mol. The number of nitrogens with zero attached hydrogens (tertiary/aromatic N) is 4. The third-order valence-corrected chi connectivity index (χ3v) is 6.17. The standard InChI is InChI=1S/C19H20N6O2/c1-11-3-7-24(17(26)19(10-20)4-5-19)9-14(11)25-15-12-2-6-21-16(12)22-8-13(15)23-18(25)27/h2,6,8,11,14H,3-5,7,9H2,1H3,(H,21,22)(H,23,27). The molecule has 2 atom stereocenters. The van der Waals surface area contributed by atoms with Crippen LogP contribution in [0.25, 0.3) is 22.1 Å². The first-order valence-corrected chi connectivity index (χ1v) is 9.31. The summed E-state index contributed by atoms with van der Waals surface area (Å²) in [4.78, 5) is 37.8. The molecule has 8 heteroatoms. The van der Waals surface area contributed by atoms with Gasteiger partial charge in [0.1, 0.15) is 11.1 Å². The van der Waals surface area contributed by atoms with Crippen molar-refractivity contribution in [2.24, 2.45) is 11.3 Å². The molecule has 0 radical (unpaired) electrons. The molecule has 0 aromatic carbocycles. The number of nitriles is 1. The zero-order valence-corrected chi connectivity index (χ0v) is 15.0. The second-order valence-electron chi connectivity index (χ2n) is 7.84. The number of hydrogen-bond acceptors (Lipinski definition) is 4. The molecular weight excluding hydrogens is 344 g/mol. The largest absolute Gasteiger partial charge is 0.346 e. The highest BCUT2D eigenvalue weighted by Crippen LogP contribution is 2.47. The first-order chi connectivity index (χ1) is 13.0. The van der Waals surface area contributed by atoms with Gasteiger partial charge in [-0.15, -0.1) is 0 Å². The fraction of sp³-hybridized carbons (Fsp3) is 0.474. The van der Waals surface area contributed by atoms with Gasteiger partial charge in [0, 0.05) is 24.7 Å². The van der Waals surface area contributed by atoms with Crippen molar-refractivity contribution in [1.29, 1.82) is 5.26 Å². The summed E-state index contributed by atoms with van der Waals surface area (Å²) in [6.45, 7) is 3.20. The molecule has 2 N–H and O–H groups in total. The van der Waals surface area contributed by atoms with E-state index in [1.165, 1.54) is 0 Å². The third-order valence-electron chi connectivity index (χ3n) is 6.17. The van der Waals surface area contributed by atoms with Gasteiger partial charge in [-0.25, -0.2) is 9.78 Å². The highest BCUT2D eigenvalue weighted by Gasteiger charge is 2.53. The molecule has 2 aliphatic rings. The maximum Gasteiger partial charge on any atom is 0.326 e. The van der Waals surface area contributed by atoms with E-state index in [0.717, 1.165) is 23.0 Å². The van der Waals surface area contributed by atoms with E-state index in [1.807, 2.05) is 12.3 Å². The van der Waals surface area contributed by atoms with Crippen molar-refractivity contribution >= 4 is 28.0 Å². The Labute approximate surface area is 154 Å². The van der Waals surface area contributed by atoms with Crippen LogP contribution in [0.1, 0.15) is 32.2 Å². The Bertz CT molecular complexity index is 1160. The Morgan fingerprint density at radius 2 is 2.26 bits per heavy atom. The minimum Gasteiger partial charge on any atom is -0.346 e. The van der Waals surface area contributed by atoms with Crippen LogP contribution in [-0.4, -0.2) is 43.4 Å². The summed E-state index contributed by atoms with van der Waals surface area (Å²) in [5, 5.41) is 10.3. The number of piperidine rings is 1. The Morgan fingerprint density at radius 1 is 1.44 bits per heavy atom. The van der Waals surface area contributed by atoms with Crippen LogP contribution in [0.4, 0.5) is 0 Å². The highest BCUT2D eigenvalue weighted by molar-refractivity contribution is 6.01. The van der Waals surface area contributed by atoms with E-state index in [4.69, 9.17) is 0 Å². The number of aromatic nitrogens is 4. The number of nitrogens with one attached hydrogen (secondary N) is 2. The smallest absolute Gasteiger partial charge is 0.326 e. The number of carbonyl (C=O) groups excluding carboxylic acids is 1. The lowest BCUT2D eigenvalue weighted by Crippen LogP contribution is -2.48. The molecule has 0 bridgehead atoms. The minimum atomic E-state index is -0.825. The van der Waals surface area contributed by atoms with Crippen molar-refractivity contribution in [3.05, 3.63) is 28.9 Å². The average Bonchev–Trinajstić information content (AvgIpc) is 3.19. The fourth-order valence-electron chi connectivity index (χ4n) is 4.31. The summed E-state index contributed by atoms with van der Waals surface area (Å²) in [6.07, 6.45) is 5.56. The average molecular weight is 364 g/mol. The molecule has 3 aromatic heterocycles. The number of aromatic amines is 2. The molecule has 1 aliphatic carbocycles. The topological polar surface area (TPSA) is 111 Å². The summed E-state index contributed by atoms with van der Waals surface area (Å²) >= 11 is 0. The van der Waals surface area contributed by atoms with Crippen LogP contribution in [0.2, 0.25) is 0 Å². The summed E-state index contributed by atoms with van der Waals surface area (Å²) in [5.41, 5.74) is 1.23. The molecule has 5 rings (SSSR count). The quantitative estimate of drug-likeness (QED) is 0.723. The van der Waals surface area contributed by atoms with Gasteiger partial charge in [0.25, 0.3) is 0 Å². The third kappa shape index (κ3) is 2.24. The number of carbonyl (C=O) groups is 1. The molecule has 1 aliphatic heterocycles. The van der Waals surface area contributed by atoms with Gasteiger partial charge in [0.15, 0.2) is 0 Å². The number of amides is 1. The van der Waals surface area contributed by atoms with Crippen molar-refractivity contribution in [3.63, 3.8) is 0 Å². The Kier molecular flexibility index (Phi) is 3.26. The van der Waals surface area contributed by atoms with E-state index < -0.39 is 5.41 Å². The second-order valence-corrected chi connectivity index (χ2v) is 7.84. The number of pyridine rings is 1. The maximum atomic E-state index is 12.8. The van der Waals surface area contributed by atoms with Gasteiger partial charge in [0.2, 0.25) is 5.91 Å². The van der Waals surface area contributed by atoms with E-state index in [9.17, 15) is 14.9 Å². The number of H-pyrrole nitrogens is 2. The van der Waals surface area contributed by atoms with E-state index >= 15 is 0 Å². The Balaban J connectivity index is 1.60. The van der Waals surface area contributed by atoms with E-state index in [-0.39, 0.29) is 23.6 Å². The van der Waals surface area contributed by atoms with Gasteiger partial charge in [-0.2, -0.15) is 5.26 Å². The van der Waals surface area contributed by atoms with Crippen molar-refractivity contribution in [2.75, 3.05) is 13.1 Å². The van der Waals surface area contributed by atoms with Crippen LogP contribution in [0.3, 0.4) is 0 Å². The monoisotopic (exact) mass is 364 g/mol. The summed E-state index contributed by atoms with van der Waals surface area (Å²) in [5.74, 6) is 0.161. The molecular formula is C19H20N6O2. The zero-order chi connectivity index (χ0) is 18.8. The number of fused-ring (bicyclic) bond motifs is 3. The van der Waals surface area contributed by atoms with Gasteiger partial charge in [-0.1, -0.05) is 6.92 Å². The normalized spacial score (nSPS) is 24.2. The van der Waals surface area contributed by atoms with Gasteiger partial charge in [-0.05, 0) is 31.2 Å². The lowest BCUT2D eigenvalue weighted by atomic mass is 9.91. The molecule has 27 heavy (non-hydrogen) atoms. The molecule has 3 aromatic rings. The lowest BCUT2D eigenvalue weighted by molar-refractivity contribution is -0.137. The molecule has 1 saturated heterocycles. The van der Waals surface area contributed by atoms with Gasteiger partial charge in [0.05, 0.1) is 29.3 Å². The lowest BCUT2D eigenvalue weighted by Gasteiger charge is -2.38. The first-order valence-electron chi connectivity index (χ1n) is 9.31. The van der Waals surface area contributed by atoms with Gasteiger partial charge in [-0.3, -0.25) is 9.36 Å². The van der Waals surface area contributed by atoms with Crippen molar-refractivity contribution in [2.45, 2.75) is 32.2 Å². The van der Waals surface area contributed by atoms with Crippen LogP contribution in [0.5, 0.6) is 0 Å². The number of likely N-dealkylation sites (tertiary alicyclic amines) is 1. The predicted octanol–water partition coefficient (Wildman–Crippen LogP) is 1.92. The molecule has 1 saturated carbocycles. The number of rotatable bonds is 2. The van der Waals surface area contributed by atoms with Crippen LogP contribution in [0.15, 0.2) is 23.3 Å². The molecule has 2 fully saturated rings. The van der Waals surface area contributed by atoms with Crippen LogP contribution in [0, 0.1) is 22.7 Å². The number of imidazole rings is 1. The maximum absolute atomic E-state index is 12.8. The first kappa shape index (κ1) is 16.1. The van der Waals surface area contributed by atoms with Crippen LogP contribution in [-0.2, 0) is 4.79 Å². The second kappa shape index (κ2) is 5.46. The zero-order valence-electron chi connectivity index (χ0n) is 15.0. The Hall–Kier alpha value is -3.08. The van der Waals surface area contributed by atoms with Crippen LogP contribution >= 0.6 is 0 Å². The van der Waals surface area contributed by atoms with Crippen LogP contribution < -0.4 is 5.69 Å². The highest BCUT2D eigenvalue weighted by atomic mass is 16.2. The van der Waals surface area contributed by atoms with E-state index in [2.05, 4.69) is 27.9 Å². The minimum absolute atomic E-state index is 0.0803. The Morgan fingerprint density at radius 3 is 3.00 bits per heavy atom. The van der Waals surface area contributed by atoms with E-state index in [1.54, 1.807) is 15.7 Å². The fourth-order valence-corrected chi connectivity index (χ4v) is 4.31. The van der Waals surface area contributed by atoms with Crippen molar-refractivity contribution < 1.29 is 4.79 Å². The summed E-state index contributed by atoms with van der Waals surface area (Å²) in [6, 6.07) is 3.97. The van der Waals surface area contributed by atoms with Crippen molar-refractivity contribution in [1.82, 2.24) is 24.4 Å². The van der Waals surface area contributed by atoms with E-state index in [0.29, 0.717) is 31.4 Å². The molecule has 2 unspecified atom stereocenters. The molecule has 1 amide bonds. The SMILES string of the molecule is CC1CCN(C(=O)C2(C#N)CC2)CC1n1c(=O)[nH]c2cnc3[nH]ccc3c21. The summed E-state index contributed by atoms with van der Waals surface area (Å²) < 4.78 is 1.78. The van der Waals surface area contributed by atoms with Gasteiger partial charge >= 0.3 is 5.69 Å². The molecule has 138 valence electrons. The van der Waals surface area contributed by atoms with Gasteiger partial charge < -0.3 is 14.9 Å². The number of hydrogen-bond donors (Lipinski definition) is 2.